The average Bonchev–Trinajstić information content (AvgIpc) is 2.66. The molecule has 0 N–H and O–H groups in total. The Morgan fingerprint density at radius 1 is 1.26 bits per heavy atom. The molecule has 2 aromatic rings. The van der Waals surface area contributed by atoms with Crippen LogP contribution in [0.5, 0.6) is 5.75 Å². The molecule has 2 aromatic carbocycles. The Balaban J connectivity index is 1.63. The van der Waals surface area contributed by atoms with Crippen molar-refractivity contribution in [1.29, 1.82) is 0 Å². The number of nitrogens with zero attached hydrogens (tertiary/aromatic N) is 1. The number of nitro groups is 1. The molecule has 0 amide bonds. The summed E-state index contributed by atoms with van der Waals surface area (Å²) in [5.74, 6) is 0.246. The number of carbonyl (C=O) groups excluding carboxylic acids is 1. The largest absolute Gasteiger partial charge is 0.467 e. The van der Waals surface area contributed by atoms with Gasteiger partial charge in [-0.1, -0.05) is 6.07 Å². The van der Waals surface area contributed by atoms with Crippen LogP contribution in [-0.4, -0.2) is 23.4 Å². The molecule has 142 valence electrons. The molecule has 1 aliphatic rings. The Morgan fingerprint density at radius 3 is 2.81 bits per heavy atom. The first-order valence-corrected chi connectivity index (χ1v) is 9.29. The van der Waals surface area contributed by atoms with Crippen molar-refractivity contribution >= 4 is 23.4 Å². The van der Waals surface area contributed by atoms with Gasteiger partial charge in [0.1, 0.15) is 12.4 Å². The van der Waals surface area contributed by atoms with Crippen LogP contribution in [0.1, 0.15) is 22.3 Å². The maximum Gasteiger partial charge on any atom is 0.316 e. The van der Waals surface area contributed by atoms with Gasteiger partial charge in [-0.05, 0) is 37.1 Å². The Kier molecular flexibility index (Phi) is 5.98. The van der Waals surface area contributed by atoms with Crippen LogP contribution in [0, 0.1) is 24.0 Å². The third-order valence-corrected chi connectivity index (χ3v) is 5.17. The molecule has 1 heterocycles. The standard InChI is InChI=1S/C19H19NO6S/c1-12-3-4-17(5-13(12)2)27-10-18(21)25-9-15-7-16(20(22)23)6-14-8-24-11-26-19(14)15/h3-7H,8-11H2,1-2H3. The Morgan fingerprint density at radius 2 is 2.07 bits per heavy atom. The van der Waals surface area contributed by atoms with E-state index in [2.05, 4.69) is 0 Å². The van der Waals surface area contributed by atoms with E-state index in [9.17, 15) is 14.9 Å². The summed E-state index contributed by atoms with van der Waals surface area (Å²) in [4.78, 5) is 23.7. The fourth-order valence-electron chi connectivity index (χ4n) is 2.64. The molecular formula is C19H19NO6S. The van der Waals surface area contributed by atoms with E-state index in [-0.39, 0.29) is 31.4 Å². The fraction of sp³-hybridized carbons (Fsp3) is 0.316. The van der Waals surface area contributed by atoms with Gasteiger partial charge in [-0.3, -0.25) is 14.9 Å². The minimum Gasteiger partial charge on any atom is -0.467 e. The van der Waals surface area contributed by atoms with Crippen molar-refractivity contribution in [3.05, 3.63) is 62.7 Å². The molecule has 0 aromatic heterocycles. The molecule has 0 saturated carbocycles. The Labute approximate surface area is 160 Å². The number of hydrogen-bond acceptors (Lipinski definition) is 7. The second-order valence-electron chi connectivity index (χ2n) is 6.16. The monoisotopic (exact) mass is 389 g/mol. The molecule has 0 unspecified atom stereocenters. The van der Waals surface area contributed by atoms with Gasteiger partial charge in [0.15, 0.2) is 6.79 Å². The van der Waals surface area contributed by atoms with E-state index >= 15 is 0 Å². The van der Waals surface area contributed by atoms with Gasteiger partial charge in [0.2, 0.25) is 0 Å². The van der Waals surface area contributed by atoms with E-state index in [0.717, 1.165) is 10.5 Å². The van der Waals surface area contributed by atoms with Gasteiger partial charge < -0.3 is 14.2 Å². The van der Waals surface area contributed by atoms with Crippen LogP contribution in [-0.2, 0) is 27.5 Å². The minimum atomic E-state index is -0.490. The zero-order valence-electron chi connectivity index (χ0n) is 15.0. The van der Waals surface area contributed by atoms with E-state index in [1.807, 2.05) is 32.0 Å². The van der Waals surface area contributed by atoms with E-state index in [1.54, 1.807) is 0 Å². The van der Waals surface area contributed by atoms with Gasteiger partial charge in [0.05, 0.1) is 17.3 Å². The number of fused-ring (bicyclic) bond motifs is 1. The number of nitro benzene ring substituents is 1. The van der Waals surface area contributed by atoms with Crippen molar-refractivity contribution in [3.8, 4) is 5.75 Å². The molecular weight excluding hydrogens is 370 g/mol. The van der Waals surface area contributed by atoms with Gasteiger partial charge in [-0.2, -0.15) is 0 Å². The fourth-order valence-corrected chi connectivity index (χ4v) is 3.43. The maximum absolute atomic E-state index is 12.1. The SMILES string of the molecule is Cc1ccc(SCC(=O)OCc2cc([N+](=O)[O-])cc3c2OCOC3)cc1C. The van der Waals surface area contributed by atoms with Gasteiger partial charge in [-0.25, -0.2) is 0 Å². The lowest BCUT2D eigenvalue weighted by Crippen LogP contribution is -2.15. The van der Waals surface area contributed by atoms with Crippen LogP contribution in [0.4, 0.5) is 5.69 Å². The summed E-state index contributed by atoms with van der Waals surface area (Å²) >= 11 is 1.39. The summed E-state index contributed by atoms with van der Waals surface area (Å²) in [6.07, 6.45) is 0. The van der Waals surface area contributed by atoms with Crippen molar-refractivity contribution in [1.82, 2.24) is 0 Å². The van der Waals surface area contributed by atoms with Crippen molar-refractivity contribution in [3.63, 3.8) is 0 Å². The number of non-ortho nitro benzene ring substituents is 1. The third-order valence-electron chi connectivity index (χ3n) is 4.21. The van der Waals surface area contributed by atoms with Gasteiger partial charge in [-0.15, -0.1) is 11.8 Å². The van der Waals surface area contributed by atoms with Crippen LogP contribution in [0.15, 0.2) is 35.2 Å². The lowest BCUT2D eigenvalue weighted by atomic mass is 10.1. The summed E-state index contributed by atoms with van der Waals surface area (Å²) in [5.41, 5.74) is 3.31. The molecule has 3 rings (SSSR count). The van der Waals surface area contributed by atoms with Crippen LogP contribution >= 0.6 is 11.8 Å². The van der Waals surface area contributed by atoms with Crippen LogP contribution in [0.3, 0.4) is 0 Å². The minimum absolute atomic E-state index is 0.0639. The topological polar surface area (TPSA) is 87.9 Å². The number of benzene rings is 2. The zero-order chi connectivity index (χ0) is 19.4. The second-order valence-corrected chi connectivity index (χ2v) is 7.21. The van der Waals surface area contributed by atoms with Crippen molar-refractivity contribution in [2.24, 2.45) is 0 Å². The Hall–Kier alpha value is -2.58. The highest BCUT2D eigenvalue weighted by Gasteiger charge is 2.21. The molecule has 1 aliphatic heterocycles. The lowest BCUT2D eigenvalue weighted by Gasteiger charge is -2.20. The van der Waals surface area contributed by atoms with Crippen molar-refractivity contribution in [2.75, 3.05) is 12.5 Å². The van der Waals surface area contributed by atoms with E-state index in [0.29, 0.717) is 16.9 Å². The van der Waals surface area contributed by atoms with Crippen LogP contribution in [0.2, 0.25) is 0 Å². The first kappa shape index (κ1) is 19.2. The molecule has 0 bridgehead atoms. The normalized spacial score (nSPS) is 12.8. The third kappa shape index (κ3) is 4.78. The number of esters is 1. The number of carbonyl (C=O) groups is 1. The summed E-state index contributed by atoms with van der Waals surface area (Å²) in [6, 6.07) is 8.78. The lowest BCUT2D eigenvalue weighted by molar-refractivity contribution is -0.385. The smallest absolute Gasteiger partial charge is 0.316 e. The van der Waals surface area contributed by atoms with E-state index in [1.165, 1.54) is 29.5 Å². The van der Waals surface area contributed by atoms with Gasteiger partial charge >= 0.3 is 5.97 Å². The average molecular weight is 389 g/mol. The van der Waals surface area contributed by atoms with Crippen molar-refractivity contribution < 1.29 is 23.9 Å². The summed E-state index contributed by atoms with van der Waals surface area (Å²) in [6.45, 7) is 4.25. The Bertz CT molecular complexity index is 883. The molecule has 0 saturated heterocycles. The van der Waals surface area contributed by atoms with Gasteiger partial charge in [0.25, 0.3) is 5.69 Å². The predicted molar refractivity (Wildman–Crippen MR) is 99.8 cm³/mol. The maximum atomic E-state index is 12.1. The molecule has 0 aliphatic carbocycles. The highest BCUT2D eigenvalue weighted by molar-refractivity contribution is 8.00. The molecule has 0 fully saturated rings. The molecule has 27 heavy (non-hydrogen) atoms. The highest BCUT2D eigenvalue weighted by Crippen LogP contribution is 2.33. The van der Waals surface area contributed by atoms with Crippen LogP contribution in [0.25, 0.3) is 0 Å². The molecule has 0 atom stereocenters. The summed E-state index contributed by atoms with van der Waals surface area (Å²) in [7, 11) is 0. The highest BCUT2D eigenvalue weighted by atomic mass is 32.2. The number of ether oxygens (including phenoxy) is 3. The van der Waals surface area contributed by atoms with E-state index in [4.69, 9.17) is 14.2 Å². The quantitative estimate of drug-likeness (QED) is 0.320. The first-order chi connectivity index (χ1) is 12.9. The van der Waals surface area contributed by atoms with Crippen LogP contribution < -0.4 is 4.74 Å². The summed E-state index contributed by atoms with van der Waals surface area (Å²) < 4.78 is 15.9. The van der Waals surface area contributed by atoms with Crippen molar-refractivity contribution in [2.45, 2.75) is 32.0 Å². The summed E-state index contributed by atoms with van der Waals surface area (Å²) in [5, 5.41) is 11.1. The molecule has 8 heteroatoms. The first-order valence-electron chi connectivity index (χ1n) is 8.30. The zero-order valence-corrected chi connectivity index (χ0v) is 15.8. The van der Waals surface area contributed by atoms with Gasteiger partial charge in [0, 0.05) is 28.2 Å². The predicted octanol–water partition coefficient (Wildman–Crippen LogP) is 3.91. The number of aryl methyl sites for hydroxylation is 2. The second kappa shape index (κ2) is 8.41. The van der Waals surface area contributed by atoms with E-state index < -0.39 is 10.9 Å². The molecule has 0 radical (unpaired) electrons. The molecule has 0 spiro atoms. The number of rotatable bonds is 6. The number of hydrogen-bond donors (Lipinski definition) is 0. The number of thioether (sulfide) groups is 1. The molecule has 7 nitrogen and oxygen atoms in total.